The third-order valence-electron chi connectivity index (χ3n) is 3.16. The molecule has 102 valence electrons. The molecule has 0 unspecified atom stereocenters. The van der Waals surface area contributed by atoms with Gasteiger partial charge in [0.25, 0.3) is 0 Å². The molecule has 5 heteroatoms. The molecule has 0 aliphatic carbocycles. The van der Waals surface area contributed by atoms with E-state index in [9.17, 15) is 9.59 Å². The minimum Gasteiger partial charge on any atom is -0.492 e. The van der Waals surface area contributed by atoms with Crippen LogP contribution in [-0.2, 0) is 16.0 Å². The topological polar surface area (TPSA) is 58.6 Å². The van der Waals surface area contributed by atoms with Crippen molar-refractivity contribution in [2.75, 3.05) is 27.2 Å². The Morgan fingerprint density at radius 3 is 2.84 bits per heavy atom. The Hall–Kier alpha value is -2.04. The van der Waals surface area contributed by atoms with E-state index in [0.717, 1.165) is 11.3 Å². The maximum absolute atomic E-state index is 12.0. The molecule has 1 aliphatic heterocycles. The molecule has 1 heterocycles. The van der Waals surface area contributed by atoms with E-state index >= 15 is 0 Å². The highest BCUT2D eigenvalue weighted by Crippen LogP contribution is 2.26. The number of fused-ring (bicyclic) bond motifs is 1. The Labute approximate surface area is 112 Å². The van der Waals surface area contributed by atoms with Crippen LogP contribution in [0.5, 0.6) is 5.75 Å². The lowest BCUT2D eigenvalue weighted by atomic mass is 9.96. The van der Waals surface area contributed by atoms with Gasteiger partial charge in [-0.05, 0) is 18.1 Å². The largest absolute Gasteiger partial charge is 0.492 e. The second kappa shape index (κ2) is 5.73. The van der Waals surface area contributed by atoms with Crippen LogP contribution in [0.3, 0.4) is 0 Å². The third-order valence-corrected chi connectivity index (χ3v) is 3.16. The first-order valence-electron chi connectivity index (χ1n) is 6.26. The predicted molar refractivity (Wildman–Crippen MR) is 70.8 cm³/mol. The van der Waals surface area contributed by atoms with Gasteiger partial charge >= 0.3 is 0 Å². The standard InChI is InChI=1S/C14H18N2O3/c1-16(2)13(17)8-15-14(18)11-7-10-5-3-4-6-12(10)19-9-11/h3-6,11H,7-9H2,1-2H3,(H,15,18)/t11-/m1/s1. The molecular weight excluding hydrogens is 244 g/mol. The fourth-order valence-corrected chi connectivity index (χ4v) is 1.96. The number of para-hydroxylation sites is 1. The van der Waals surface area contributed by atoms with Gasteiger partial charge in [0.2, 0.25) is 11.8 Å². The van der Waals surface area contributed by atoms with Gasteiger partial charge in [-0.2, -0.15) is 0 Å². The van der Waals surface area contributed by atoms with Gasteiger partial charge in [-0.25, -0.2) is 0 Å². The minimum atomic E-state index is -0.232. The number of benzene rings is 1. The number of rotatable bonds is 3. The van der Waals surface area contributed by atoms with Crippen LogP contribution < -0.4 is 10.1 Å². The van der Waals surface area contributed by atoms with E-state index in [2.05, 4.69) is 5.32 Å². The molecule has 0 saturated carbocycles. The molecule has 19 heavy (non-hydrogen) atoms. The quantitative estimate of drug-likeness (QED) is 0.860. The van der Waals surface area contributed by atoms with Crippen LogP contribution in [0.4, 0.5) is 0 Å². The number of carbonyl (C=O) groups excluding carboxylic acids is 2. The first-order chi connectivity index (χ1) is 9.08. The Morgan fingerprint density at radius 2 is 2.11 bits per heavy atom. The van der Waals surface area contributed by atoms with Gasteiger partial charge in [0.1, 0.15) is 12.4 Å². The number of nitrogens with one attached hydrogen (secondary N) is 1. The highest BCUT2D eigenvalue weighted by atomic mass is 16.5. The zero-order chi connectivity index (χ0) is 13.8. The second-order valence-electron chi connectivity index (χ2n) is 4.83. The molecule has 0 radical (unpaired) electrons. The van der Waals surface area contributed by atoms with Crippen molar-refractivity contribution in [3.63, 3.8) is 0 Å². The number of carbonyl (C=O) groups is 2. The third kappa shape index (κ3) is 3.24. The van der Waals surface area contributed by atoms with Crippen molar-refractivity contribution in [3.8, 4) is 5.75 Å². The summed E-state index contributed by atoms with van der Waals surface area (Å²) < 4.78 is 5.56. The van der Waals surface area contributed by atoms with Crippen molar-refractivity contribution in [2.24, 2.45) is 5.92 Å². The molecule has 0 fully saturated rings. The summed E-state index contributed by atoms with van der Waals surface area (Å²) in [6.45, 7) is 0.392. The fourth-order valence-electron chi connectivity index (χ4n) is 1.96. The maximum atomic E-state index is 12.0. The molecule has 5 nitrogen and oxygen atoms in total. The van der Waals surface area contributed by atoms with Gasteiger partial charge in [0.15, 0.2) is 0 Å². The smallest absolute Gasteiger partial charge is 0.241 e. The van der Waals surface area contributed by atoms with Crippen LogP contribution >= 0.6 is 0 Å². The SMILES string of the molecule is CN(C)C(=O)CNC(=O)[C@H]1COc2ccccc2C1. The molecule has 1 atom stereocenters. The van der Waals surface area contributed by atoms with E-state index in [4.69, 9.17) is 4.74 Å². The molecule has 1 N–H and O–H groups in total. The van der Waals surface area contributed by atoms with Crippen LogP contribution in [0, 0.1) is 5.92 Å². The van der Waals surface area contributed by atoms with Crippen LogP contribution in [0.2, 0.25) is 0 Å². The normalized spacial score (nSPS) is 17.1. The van der Waals surface area contributed by atoms with Crippen molar-refractivity contribution in [1.29, 1.82) is 0 Å². The Balaban J connectivity index is 1.90. The zero-order valence-corrected chi connectivity index (χ0v) is 11.2. The van der Waals surface area contributed by atoms with Crippen molar-refractivity contribution >= 4 is 11.8 Å². The first kappa shape index (κ1) is 13.4. The Morgan fingerprint density at radius 1 is 1.37 bits per heavy atom. The molecule has 2 rings (SSSR count). The summed E-state index contributed by atoms with van der Waals surface area (Å²) >= 11 is 0. The van der Waals surface area contributed by atoms with Gasteiger partial charge in [-0.1, -0.05) is 18.2 Å². The Bertz CT molecular complexity index is 485. The van der Waals surface area contributed by atoms with Crippen molar-refractivity contribution in [3.05, 3.63) is 29.8 Å². The molecule has 1 aromatic rings. The van der Waals surface area contributed by atoms with Crippen LogP contribution in [0.15, 0.2) is 24.3 Å². The van der Waals surface area contributed by atoms with Crippen LogP contribution in [0.25, 0.3) is 0 Å². The van der Waals surface area contributed by atoms with Crippen molar-refractivity contribution in [2.45, 2.75) is 6.42 Å². The van der Waals surface area contributed by atoms with Crippen molar-refractivity contribution < 1.29 is 14.3 Å². The molecule has 2 amide bonds. The summed E-state index contributed by atoms with van der Waals surface area (Å²) in [5, 5.41) is 2.65. The monoisotopic (exact) mass is 262 g/mol. The summed E-state index contributed by atoms with van der Waals surface area (Å²) in [6.07, 6.45) is 0.651. The number of ether oxygens (including phenoxy) is 1. The number of amides is 2. The number of nitrogens with zero attached hydrogens (tertiary/aromatic N) is 1. The molecule has 0 spiro atoms. The Kier molecular flexibility index (Phi) is 4.04. The minimum absolute atomic E-state index is 0.0317. The summed E-state index contributed by atoms with van der Waals surface area (Å²) in [5.41, 5.74) is 1.04. The van der Waals surface area contributed by atoms with E-state index in [0.29, 0.717) is 13.0 Å². The maximum Gasteiger partial charge on any atom is 0.241 e. The van der Waals surface area contributed by atoms with Gasteiger partial charge in [-0.15, -0.1) is 0 Å². The van der Waals surface area contributed by atoms with Gasteiger partial charge in [0.05, 0.1) is 12.5 Å². The van der Waals surface area contributed by atoms with Gasteiger partial charge in [-0.3, -0.25) is 9.59 Å². The lowest BCUT2D eigenvalue weighted by Crippen LogP contribution is -2.42. The molecule has 0 saturated heterocycles. The summed E-state index contributed by atoms with van der Waals surface area (Å²) in [7, 11) is 3.32. The van der Waals surface area contributed by atoms with Gasteiger partial charge < -0.3 is 15.0 Å². The summed E-state index contributed by atoms with van der Waals surface area (Å²) in [6, 6.07) is 7.70. The van der Waals surface area contributed by atoms with E-state index in [1.165, 1.54) is 4.90 Å². The average molecular weight is 262 g/mol. The van der Waals surface area contributed by atoms with Crippen LogP contribution in [0.1, 0.15) is 5.56 Å². The average Bonchev–Trinajstić information content (AvgIpc) is 2.43. The van der Waals surface area contributed by atoms with E-state index in [1.807, 2.05) is 24.3 Å². The highest BCUT2D eigenvalue weighted by Gasteiger charge is 2.25. The fraction of sp³-hybridized carbons (Fsp3) is 0.429. The number of hydrogen-bond donors (Lipinski definition) is 1. The molecule has 0 aromatic heterocycles. The summed E-state index contributed by atoms with van der Waals surface area (Å²) in [4.78, 5) is 24.8. The second-order valence-corrected chi connectivity index (χ2v) is 4.83. The van der Waals surface area contributed by atoms with E-state index in [-0.39, 0.29) is 24.3 Å². The summed E-state index contributed by atoms with van der Waals surface area (Å²) in [5.74, 6) is 0.357. The lowest BCUT2D eigenvalue weighted by Gasteiger charge is -2.24. The lowest BCUT2D eigenvalue weighted by molar-refractivity contribution is -0.132. The van der Waals surface area contributed by atoms with Crippen LogP contribution in [-0.4, -0.2) is 44.0 Å². The molecule has 1 aromatic carbocycles. The van der Waals surface area contributed by atoms with Crippen molar-refractivity contribution in [1.82, 2.24) is 10.2 Å². The van der Waals surface area contributed by atoms with E-state index < -0.39 is 0 Å². The van der Waals surface area contributed by atoms with Gasteiger partial charge in [0, 0.05) is 14.1 Å². The highest BCUT2D eigenvalue weighted by molar-refractivity contribution is 5.86. The number of likely N-dealkylation sites (N-methyl/N-ethyl adjacent to an activating group) is 1. The molecular formula is C14H18N2O3. The predicted octanol–water partition coefficient (Wildman–Crippen LogP) is 0.442. The molecule has 1 aliphatic rings. The number of hydrogen-bond acceptors (Lipinski definition) is 3. The van der Waals surface area contributed by atoms with E-state index in [1.54, 1.807) is 14.1 Å². The molecule has 0 bridgehead atoms. The zero-order valence-electron chi connectivity index (χ0n) is 11.2. The first-order valence-corrected chi connectivity index (χ1v) is 6.26.